The predicted molar refractivity (Wildman–Crippen MR) is 175 cm³/mol. The number of rotatable bonds is 3. The molecule has 0 radical (unpaired) electrons. The highest BCUT2D eigenvalue weighted by Gasteiger charge is 2.52. The zero-order valence-electron chi connectivity index (χ0n) is 27.6. The van der Waals surface area contributed by atoms with Crippen molar-refractivity contribution < 1.29 is 32.7 Å². The summed E-state index contributed by atoms with van der Waals surface area (Å²) in [5.74, 6) is -2.49. The first-order valence-electron chi connectivity index (χ1n) is 16.6. The Morgan fingerprint density at radius 1 is 1.06 bits per heavy atom. The number of amides is 4. The van der Waals surface area contributed by atoms with E-state index in [9.17, 15) is 23.6 Å². The Labute approximate surface area is 278 Å². The number of aromatic nitrogens is 1. The molecule has 254 valence electrons. The Morgan fingerprint density at radius 2 is 1.83 bits per heavy atom. The van der Waals surface area contributed by atoms with Crippen LogP contribution in [0.2, 0.25) is 0 Å². The van der Waals surface area contributed by atoms with E-state index in [2.05, 4.69) is 15.6 Å². The monoisotopic (exact) mass is 661 g/mol. The van der Waals surface area contributed by atoms with Gasteiger partial charge in [-0.3, -0.25) is 19.3 Å². The Hall–Kier alpha value is -4.61. The molecule has 2 N–H and O–H groups in total. The predicted octanol–water partition coefficient (Wildman–Crippen LogP) is 5.86. The lowest BCUT2D eigenvalue weighted by Crippen LogP contribution is -2.62. The number of anilines is 2. The van der Waals surface area contributed by atoms with Crippen LogP contribution in [0.3, 0.4) is 0 Å². The van der Waals surface area contributed by atoms with Gasteiger partial charge < -0.3 is 20.3 Å². The van der Waals surface area contributed by atoms with E-state index in [1.807, 2.05) is 12.1 Å². The second kappa shape index (κ2) is 13.1. The molecule has 48 heavy (non-hydrogen) atoms. The van der Waals surface area contributed by atoms with Gasteiger partial charge in [-0.2, -0.15) is 0 Å². The topological polar surface area (TPSA) is 121 Å². The van der Waals surface area contributed by atoms with Crippen molar-refractivity contribution in [3.8, 4) is 0 Å². The van der Waals surface area contributed by atoms with E-state index in [4.69, 9.17) is 4.74 Å². The van der Waals surface area contributed by atoms with Crippen molar-refractivity contribution in [2.45, 2.75) is 96.1 Å². The van der Waals surface area contributed by atoms with E-state index >= 15 is 4.39 Å². The minimum Gasteiger partial charge on any atom is -0.444 e. The third-order valence-corrected chi connectivity index (χ3v) is 9.44. The van der Waals surface area contributed by atoms with Crippen LogP contribution in [0.25, 0.3) is 0 Å². The molecule has 4 amide bonds. The molecule has 10 nitrogen and oxygen atoms in total. The third kappa shape index (κ3) is 6.84. The lowest BCUT2D eigenvalue weighted by molar-refractivity contribution is -0.132. The Balaban J connectivity index is 1.32. The number of nitrogens with zero attached hydrogens (tertiary/aromatic N) is 3. The normalized spacial score (nSPS) is 19.5. The van der Waals surface area contributed by atoms with Crippen LogP contribution in [-0.2, 0) is 32.0 Å². The molecule has 0 saturated heterocycles. The fourth-order valence-corrected chi connectivity index (χ4v) is 7.31. The van der Waals surface area contributed by atoms with Crippen molar-refractivity contribution in [1.82, 2.24) is 15.2 Å². The highest BCUT2D eigenvalue weighted by molar-refractivity contribution is 6.06. The SMILES string of the molecule is CC(C)(C)OC(=O)N1CCCc2c(F)cc(F)cc2N(CC(=O)NC2=CC3=C(CC2)Cc2cccnc2NC(=O)C3)C(=O)C12CCCC2. The fourth-order valence-electron chi connectivity index (χ4n) is 7.31. The van der Waals surface area contributed by atoms with Gasteiger partial charge in [-0.15, -0.1) is 0 Å². The van der Waals surface area contributed by atoms with Crippen molar-refractivity contribution in [1.29, 1.82) is 0 Å². The van der Waals surface area contributed by atoms with Gasteiger partial charge in [-0.1, -0.05) is 24.5 Å². The molecule has 4 aliphatic rings. The van der Waals surface area contributed by atoms with Crippen molar-refractivity contribution in [2.75, 3.05) is 23.3 Å². The highest BCUT2D eigenvalue weighted by Crippen LogP contribution is 2.41. The average molecular weight is 662 g/mol. The van der Waals surface area contributed by atoms with E-state index < -0.39 is 47.2 Å². The molecule has 2 aliphatic heterocycles. The number of fused-ring (bicyclic) bond motifs is 2. The first-order chi connectivity index (χ1) is 22.8. The van der Waals surface area contributed by atoms with Crippen LogP contribution in [0, 0.1) is 11.6 Å². The number of ether oxygens (including phenoxy) is 1. The highest BCUT2D eigenvalue weighted by atomic mass is 19.1. The van der Waals surface area contributed by atoms with Gasteiger partial charge in [0.15, 0.2) is 0 Å². The van der Waals surface area contributed by atoms with Gasteiger partial charge in [-0.25, -0.2) is 18.6 Å². The van der Waals surface area contributed by atoms with Crippen LogP contribution in [0.4, 0.5) is 25.1 Å². The van der Waals surface area contributed by atoms with Crippen LogP contribution in [0.5, 0.6) is 0 Å². The zero-order chi connectivity index (χ0) is 34.2. The van der Waals surface area contributed by atoms with E-state index in [0.29, 0.717) is 62.9 Å². The molecule has 1 saturated carbocycles. The summed E-state index contributed by atoms with van der Waals surface area (Å²) in [6.45, 7) is 4.84. The number of allylic oxidation sites excluding steroid dienone is 3. The van der Waals surface area contributed by atoms with Crippen LogP contribution >= 0.6 is 0 Å². The molecule has 3 heterocycles. The number of carbonyl (C=O) groups excluding carboxylic acids is 4. The fraction of sp³-hybridized carbons (Fsp3) is 0.472. The first kappa shape index (κ1) is 33.3. The van der Waals surface area contributed by atoms with Gasteiger partial charge >= 0.3 is 6.09 Å². The molecule has 2 aromatic rings. The molecule has 12 heteroatoms. The van der Waals surface area contributed by atoms with E-state index in [1.165, 1.54) is 4.90 Å². The summed E-state index contributed by atoms with van der Waals surface area (Å²) >= 11 is 0. The Morgan fingerprint density at radius 3 is 2.58 bits per heavy atom. The number of hydrogen-bond donors (Lipinski definition) is 2. The number of halogens is 2. The summed E-state index contributed by atoms with van der Waals surface area (Å²) < 4.78 is 35.9. The summed E-state index contributed by atoms with van der Waals surface area (Å²) in [5.41, 5.74) is 1.30. The summed E-state index contributed by atoms with van der Waals surface area (Å²) in [4.78, 5) is 61.8. The minimum absolute atomic E-state index is 0.0171. The van der Waals surface area contributed by atoms with Crippen molar-refractivity contribution >= 4 is 35.3 Å². The molecule has 0 unspecified atom stereocenters. The smallest absolute Gasteiger partial charge is 0.411 e. The first-order valence-corrected chi connectivity index (χ1v) is 16.6. The summed E-state index contributed by atoms with van der Waals surface area (Å²) in [5, 5.41) is 5.75. The van der Waals surface area contributed by atoms with Crippen LogP contribution in [0.15, 0.2) is 53.4 Å². The van der Waals surface area contributed by atoms with Gasteiger partial charge in [0, 0.05) is 30.1 Å². The number of carbonyl (C=O) groups is 4. The molecule has 2 aliphatic carbocycles. The molecule has 1 spiro atoms. The average Bonchev–Trinajstić information content (AvgIpc) is 3.50. The van der Waals surface area contributed by atoms with Crippen LogP contribution in [-0.4, -0.2) is 57.9 Å². The molecule has 1 aromatic carbocycles. The molecule has 6 rings (SSSR count). The van der Waals surface area contributed by atoms with Crippen molar-refractivity contribution in [3.05, 3.63) is 76.1 Å². The molecule has 1 fully saturated rings. The minimum atomic E-state index is -1.34. The largest absolute Gasteiger partial charge is 0.444 e. The molecule has 1 aromatic heterocycles. The molecular formula is C36H41F2N5O5. The maximum atomic E-state index is 15.3. The Bertz CT molecular complexity index is 1720. The second-order valence-corrected chi connectivity index (χ2v) is 14.0. The lowest BCUT2D eigenvalue weighted by atomic mass is 9.88. The molecular weight excluding hydrogens is 620 g/mol. The second-order valence-electron chi connectivity index (χ2n) is 14.0. The van der Waals surface area contributed by atoms with Gasteiger partial charge in [0.25, 0.3) is 5.91 Å². The molecule has 0 bridgehead atoms. The van der Waals surface area contributed by atoms with Gasteiger partial charge in [0.1, 0.15) is 35.1 Å². The summed E-state index contributed by atoms with van der Waals surface area (Å²) in [6.07, 6.45) is 7.02. The number of benzene rings is 1. The van der Waals surface area contributed by atoms with Crippen molar-refractivity contribution in [2.24, 2.45) is 0 Å². The van der Waals surface area contributed by atoms with E-state index in [0.717, 1.165) is 33.7 Å². The summed E-state index contributed by atoms with van der Waals surface area (Å²) in [6, 6.07) is 5.61. The van der Waals surface area contributed by atoms with Gasteiger partial charge in [0.05, 0.1) is 12.1 Å². The number of pyridine rings is 1. The lowest BCUT2D eigenvalue weighted by Gasteiger charge is -2.42. The van der Waals surface area contributed by atoms with Crippen LogP contribution in [0.1, 0.15) is 83.3 Å². The zero-order valence-corrected chi connectivity index (χ0v) is 27.6. The van der Waals surface area contributed by atoms with E-state index in [1.54, 1.807) is 33.0 Å². The van der Waals surface area contributed by atoms with Gasteiger partial charge in [-0.05, 0) is 95.1 Å². The molecule has 0 atom stereocenters. The standard InChI is InChI=1S/C36H41F2N5O5/c1-35(2,3)48-34(47)43-15-7-9-27-28(38)19-25(37)20-29(27)42(33(46)36(43)12-4-5-13-36)21-31(45)40-26-11-10-22-16-23-8-6-14-39-32(23)41-30(44)18-24(22)17-26/h6,8,14,17,19-20H,4-5,7,9-13,15-16,18,21H2,1-3H3,(H,40,45)(H,39,41,44). The number of nitrogens with one attached hydrogen (secondary N) is 2. The number of hydrogen-bond acceptors (Lipinski definition) is 6. The quantitative estimate of drug-likeness (QED) is 0.425. The van der Waals surface area contributed by atoms with Crippen molar-refractivity contribution in [3.63, 3.8) is 0 Å². The van der Waals surface area contributed by atoms with Crippen LogP contribution < -0.4 is 15.5 Å². The van der Waals surface area contributed by atoms with E-state index in [-0.39, 0.29) is 36.5 Å². The van der Waals surface area contributed by atoms with Gasteiger partial charge in [0.2, 0.25) is 11.8 Å². The maximum Gasteiger partial charge on any atom is 0.411 e. The maximum absolute atomic E-state index is 15.3. The third-order valence-electron chi connectivity index (χ3n) is 9.44. The summed E-state index contributed by atoms with van der Waals surface area (Å²) in [7, 11) is 0. The Kier molecular flexibility index (Phi) is 9.10.